The minimum atomic E-state index is -0.253. The van der Waals surface area contributed by atoms with Gasteiger partial charge in [0, 0.05) is 12.2 Å². The van der Waals surface area contributed by atoms with E-state index in [0.29, 0.717) is 6.54 Å². The zero-order valence-electron chi connectivity index (χ0n) is 13.9. The third-order valence-electron chi connectivity index (χ3n) is 3.46. The van der Waals surface area contributed by atoms with Crippen LogP contribution in [0.25, 0.3) is 0 Å². The first kappa shape index (κ1) is 18.5. The number of carbonyl (C=O) groups excluding carboxylic acids is 2. The van der Waals surface area contributed by atoms with Crippen molar-refractivity contribution in [1.29, 1.82) is 0 Å². The highest BCUT2D eigenvalue weighted by molar-refractivity contribution is 8.01. The lowest BCUT2D eigenvalue weighted by atomic mass is 10.2. The molecule has 2 amide bonds. The highest BCUT2D eigenvalue weighted by atomic mass is 32.2. The summed E-state index contributed by atoms with van der Waals surface area (Å²) in [6, 6.07) is 9.71. The van der Waals surface area contributed by atoms with E-state index in [0.717, 1.165) is 17.7 Å². The Kier molecular flexibility index (Phi) is 7.34. The molecule has 0 spiro atoms. The Labute approximate surface area is 151 Å². The lowest BCUT2D eigenvalue weighted by Gasteiger charge is -2.12. The summed E-state index contributed by atoms with van der Waals surface area (Å²) in [5, 5.41) is 9.61. The summed E-state index contributed by atoms with van der Waals surface area (Å²) in [6.07, 6.45) is 0.834. The number of nitrogens with one attached hydrogen (secondary N) is 2. The highest BCUT2D eigenvalue weighted by Gasteiger charge is 2.14. The molecule has 2 rings (SSSR count). The quantitative estimate of drug-likeness (QED) is 0.756. The van der Waals surface area contributed by atoms with Gasteiger partial charge in [-0.1, -0.05) is 17.7 Å². The molecule has 0 saturated heterocycles. The van der Waals surface area contributed by atoms with Crippen molar-refractivity contribution in [2.24, 2.45) is 0 Å². The molecule has 1 aromatic heterocycles. The number of rotatable bonds is 8. The summed E-state index contributed by atoms with van der Waals surface area (Å²) >= 11 is 3.00. The first-order valence-corrected chi connectivity index (χ1v) is 9.80. The van der Waals surface area contributed by atoms with Gasteiger partial charge in [0.15, 0.2) is 0 Å². The summed E-state index contributed by atoms with van der Waals surface area (Å²) in [5.74, 6) is 0.132. The molecule has 0 radical (unpaired) electrons. The second-order valence-corrected chi connectivity index (χ2v) is 7.65. The van der Waals surface area contributed by atoms with Gasteiger partial charge in [-0.25, -0.2) is 0 Å². The van der Waals surface area contributed by atoms with Crippen LogP contribution in [0, 0.1) is 6.92 Å². The average Bonchev–Trinajstić information content (AvgIpc) is 3.08. The van der Waals surface area contributed by atoms with Crippen molar-refractivity contribution in [2.45, 2.75) is 25.5 Å². The zero-order chi connectivity index (χ0) is 17.4. The zero-order valence-corrected chi connectivity index (χ0v) is 15.5. The number of hydrogen-bond acceptors (Lipinski definition) is 4. The summed E-state index contributed by atoms with van der Waals surface area (Å²) in [7, 11) is 0. The van der Waals surface area contributed by atoms with Gasteiger partial charge in [0.2, 0.25) is 11.8 Å². The predicted octanol–water partition coefficient (Wildman–Crippen LogP) is 3.48. The Morgan fingerprint density at radius 3 is 2.62 bits per heavy atom. The average molecular weight is 363 g/mol. The number of thioether (sulfide) groups is 1. The Hall–Kier alpha value is -1.79. The third kappa shape index (κ3) is 6.37. The van der Waals surface area contributed by atoms with Crippen molar-refractivity contribution in [3.63, 3.8) is 0 Å². The molecule has 0 fully saturated rings. The molecule has 1 atom stereocenters. The van der Waals surface area contributed by atoms with Crippen molar-refractivity contribution in [2.75, 3.05) is 17.6 Å². The van der Waals surface area contributed by atoms with Crippen molar-refractivity contribution in [3.05, 3.63) is 52.2 Å². The molecule has 1 aromatic carbocycles. The number of benzene rings is 1. The number of aryl methyl sites for hydroxylation is 1. The van der Waals surface area contributed by atoms with E-state index in [2.05, 4.69) is 22.1 Å². The van der Waals surface area contributed by atoms with Crippen LogP contribution in [0.4, 0.5) is 5.69 Å². The van der Waals surface area contributed by atoms with Crippen LogP contribution >= 0.6 is 23.1 Å². The molecule has 2 N–H and O–H groups in total. The topological polar surface area (TPSA) is 58.2 Å². The lowest BCUT2D eigenvalue weighted by molar-refractivity contribution is -0.120. The Morgan fingerprint density at radius 1 is 1.21 bits per heavy atom. The summed E-state index contributed by atoms with van der Waals surface area (Å²) in [6.45, 7) is 4.44. The fourth-order valence-corrected chi connectivity index (χ4v) is 3.43. The maximum absolute atomic E-state index is 12.0. The minimum Gasteiger partial charge on any atom is -0.355 e. The summed E-state index contributed by atoms with van der Waals surface area (Å²) in [5.41, 5.74) is 3.16. The molecule has 6 heteroatoms. The highest BCUT2D eigenvalue weighted by Crippen LogP contribution is 2.13. The molecular weight excluding hydrogens is 340 g/mol. The largest absolute Gasteiger partial charge is 0.355 e. The van der Waals surface area contributed by atoms with E-state index >= 15 is 0 Å². The first-order valence-electron chi connectivity index (χ1n) is 7.81. The van der Waals surface area contributed by atoms with E-state index in [9.17, 15) is 9.59 Å². The van der Waals surface area contributed by atoms with Crippen molar-refractivity contribution in [1.82, 2.24) is 5.32 Å². The van der Waals surface area contributed by atoms with Gasteiger partial charge in [-0.05, 0) is 54.8 Å². The van der Waals surface area contributed by atoms with E-state index < -0.39 is 0 Å². The monoisotopic (exact) mass is 362 g/mol. The van der Waals surface area contributed by atoms with Crippen LogP contribution in [0.3, 0.4) is 0 Å². The van der Waals surface area contributed by atoms with Crippen LogP contribution in [0.2, 0.25) is 0 Å². The number of thiophene rings is 1. The molecule has 1 unspecified atom stereocenters. The van der Waals surface area contributed by atoms with Gasteiger partial charge in [0.05, 0.1) is 11.0 Å². The fraction of sp³-hybridized carbons (Fsp3) is 0.333. The number of carbonyl (C=O) groups is 2. The molecule has 0 saturated carbocycles. The molecule has 1 heterocycles. The Bertz CT molecular complexity index is 654. The predicted molar refractivity (Wildman–Crippen MR) is 103 cm³/mol. The van der Waals surface area contributed by atoms with Gasteiger partial charge < -0.3 is 10.6 Å². The van der Waals surface area contributed by atoms with Crippen LogP contribution < -0.4 is 10.6 Å². The van der Waals surface area contributed by atoms with Gasteiger partial charge >= 0.3 is 0 Å². The maximum Gasteiger partial charge on any atom is 0.234 e. The first-order chi connectivity index (χ1) is 11.5. The molecule has 128 valence electrons. The summed E-state index contributed by atoms with van der Waals surface area (Å²) in [4.78, 5) is 24.0. The maximum atomic E-state index is 12.0. The van der Waals surface area contributed by atoms with Crippen molar-refractivity contribution >= 4 is 40.6 Å². The fourth-order valence-electron chi connectivity index (χ4n) is 2.02. The van der Waals surface area contributed by atoms with Crippen LogP contribution in [0.1, 0.15) is 18.1 Å². The SMILES string of the molecule is Cc1ccc(NC(=O)CSC(C)C(=O)NCCc2ccsc2)cc1. The smallest absolute Gasteiger partial charge is 0.234 e. The molecule has 0 aliphatic heterocycles. The third-order valence-corrected chi connectivity index (χ3v) is 5.34. The van der Waals surface area contributed by atoms with Gasteiger partial charge in [-0.15, -0.1) is 11.8 Å². The molecular formula is C18H22N2O2S2. The summed E-state index contributed by atoms with van der Waals surface area (Å²) < 4.78 is 0. The minimum absolute atomic E-state index is 0.0293. The molecule has 24 heavy (non-hydrogen) atoms. The van der Waals surface area contributed by atoms with E-state index in [1.165, 1.54) is 17.3 Å². The van der Waals surface area contributed by atoms with E-state index in [1.807, 2.05) is 43.5 Å². The Balaban J connectivity index is 1.65. The van der Waals surface area contributed by atoms with E-state index in [1.54, 1.807) is 11.3 Å². The number of anilines is 1. The van der Waals surface area contributed by atoms with Crippen molar-refractivity contribution in [3.8, 4) is 0 Å². The molecule has 4 nitrogen and oxygen atoms in total. The molecule has 0 aliphatic carbocycles. The second kappa shape index (κ2) is 9.49. The molecule has 0 bridgehead atoms. The van der Waals surface area contributed by atoms with Gasteiger partial charge in [-0.3, -0.25) is 9.59 Å². The van der Waals surface area contributed by atoms with Crippen LogP contribution in [-0.2, 0) is 16.0 Å². The van der Waals surface area contributed by atoms with Crippen LogP contribution in [0.15, 0.2) is 41.1 Å². The second-order valence-electron chi connectivity index (χ2n) is 5.54. The Morgan fingerprint density at radius 2 is 1.96 bits per heavy atom. The van der Waals surface area contributed by atoms with E-state index in [4.69, 9.17) is 0 Å². The van der Waals surface area contributed by atoms with E-state index in [-0.39, 0.29) is 22.8 Å². The van der Waals surface area contributed by atoms with Gasteiger partial charge in [0.25, 0.3) is 0 Å². The van der Waals surface area contributed by atoms with Crippen LogP contribution in [-0.4, -0.2) is 29.4 Å². The van der Waals surface area contributed by atoms with Crippen LogP contribution in [0.5, 0.6) is 0 Å². The lowest BCUT2D eigenvalue weighted by Crippen LogP contribution is -2.33. The number of hydrogen-bond donors (Lipinski definition) is 2. The van der Waals surface area contributed by atoms with Gasteiger partial charge in [0.1, 0.15) is 0 Å². The molecule has 2 aromatic rings. The van der Waals surface area contributed by atoms with Gasteiger partial charge in [-0.2, -0.15) is 11.3 Å². The standard InChI is InChI=1S/C18H22N2O2S2/c1-13-3-5-16(6-4-13)20-17(21)12-24-14(2)18(22)19-9-7-15-8-10-23-11-15/h3-6,8,10-11,14H,7,9,12H2,1-2H3,(H,19,22)(H,20,21). The normalized spacial score (nSPS) is 11.8. The molecule has 0 aliphatic rings. The number of amides is 2. The van der Waals surface area contributed by atoms with Crippen molar-refractivity contribution < 1.29 is 9.59 Å².